The molecule has 0 radical (unpaired) electrons. The Morgan fingerprint density at radius 3 is 2.56 bits per heavy atom. The fourth-order valence-corrected chi connectivity index (χ4v) is 4.06. The molecule has 1 aliphatic heterocycles. The summed E-state index contributed by atoms with van der Waals surface area (Å²) in [7, 11) is 1.84. The Bertz CT molecular complexity index is 743. The van der Waals surface area contributed by atoms with Crippen LogP contribution in [0.4, 0.5) is 0 Å². The van der Waals surface area contributed by atoms with Gasteiger partial charge in [-0.25, -0.2) is 4.98 Å². The minimum atomic E-state index is 0.0943. The van der Waals surface area contributed by atoms with Crippen molar-refractivity contribution in [2.75, 3.05) is 20.1 Å². The maximum Gasteiger partial charge on any atom is 0.193 e. The van der Waals surface area contributed by atoms with Crippen molar-refractivity contribution in [1.29, 1.82) is 0 Å². The first kappa shape index (κ1) is 19.7. The van der Waals surface area contributed by atoms with Crippen molar-refractivity contribution in [3.05, 3.63) is 46.4 Å². The van der Waals surface area contributed by atoms with Crippen molar-refractivity contribution in [2.45, 2.75) is 51.7 Å². The van der Waals surface area contributed by atoms with Gasteiger partial charge in [-0.2, -0.15) is 0 Å². The molecule has 0 saturated carbocycles. The summed E-state index contributed by atoms with van der Waals surface area (Å²) in [6.45, 7) is 9.19. The Labute approximate surface area is 166 Å². The third-order valence-electron chi connectivity index (χ3n) is 4.72. The number of nitrogens with zero attached hydrogens (tertiary/aromatic N) is 3. The topological polar surface area (TPSA) is 49.8 Å². The number of hydrogen-bond acceptors (Lipinski definition) is 4. The molecule has 27 heavy (non-hydrogen) atoms. The Kier molecular flexibility index (Phi) is 6.37. The van der Waals surface area contributed by atoms with Crippen LogP contribution in [0.1, 0.15) is 44.3 Å². The van der Waals surface area contributed by atoms with E-state index in [0.29, 0.717) is 6.54 Å². The van der Waals surface area contributed by atoms with Crippen molar-refractivity contribution in [3.63, 3.8) is 0 Å². The van der Waals surface area contributed by atoms with E-state index in [1.165, 1.54) is 0 Å². The van der Waals surface area contributed by atoms with E-state index >= 15 is 0 Å². The molecule has 0 amide bonds. The summed E-state index contributed by atoms with van der Waals surface area (Å²) in [6.07, 6.45) is 2.28. The second kappa shape index (κ2) is 8.74. The summed E-state index contributed by atoms with van der Waals surface area (Å²) in [4.78, 5) is 11.5. The smallest absolute Gasteiger partial charge is 0.193 e. The molecular formula is C21H30N4OS. The first-order chi connectivity index (χ1) is 13.0. The largest absolute Gasteiger partial charge is 0.490 e. The van der Waals surface area contributed by atoms with Gasteiger partial charge in [-0.1, -0.05) is 39.0 Å². The fourth-order valence-electron chi connectivity index (χ4n) is 3.10. The molecule has 2 aromatic rings. The van der Waals surface area contributed by atoms with Gasteiger partial charge in [0.2, 0.25) is 0 Å². The fraction of sp³-hybridized carbons (Fsp3) is 0.524. The van der Waals surface area contributed by atoms with Crippen LogP contribution in [0.3, 0.4) is 0 Å². The molecule has 2 heterocycles. The van der Waals surface area contributed by atoms with E-state index in [-0.39, 0.29) is 11.5 Å². The van der Waals surface area contributed by atoms with Crippen LogP contribution in [0, 0.1) is 0 Å². The summed E-state index contributed by atoms with van der Waals surface area (Å²) < 4.78 is 6.09. The van der Waals surface area contributed by atoms with Gasteiger partial charge in [0.15, 0.2) is 5.96 Å². The Hall–Kier alpha value is -2.08. The number of nitrogens with one attached hydrogen (secondary N) is 1. The van der Waals surface area contributed by atoms with Crippen LogP contribution in [0.15, 0.2) is 40.7 Å². The maximum atomic E-state index is 6.09. The number of para-hydroxylation sites is 1. The Balaban J connectivity index is 1.48. The number of thiazole rings is 1. The predicted molar refractivity (Wildman–Crippen MR) is 113 cm³/mol. The van der Waals surface area contributed by atoms with Gasteiger partial charge in [0.1, 0.15) is 16.9 Å². The van der Waals surface area contributed by atoms with Crippen LogP contribution in [0.5, 0.6) is 5.75 Å². The van der Waals surface area contributed by atoms with Gasteiger partial charge in [0.05, 0.1) is 12.2 Å². The van der Waals surface area contributed by atoms with Gasteiger partial charge < -0.3 is 15.0 Å². The van der Waals surface area contributed by atoms with Gasteiger partial charge in [0.25, 0.3) is 0 Å². The molecule has 0 aliphatic carbocycles. The molecule has 0 unspecified atom stereocenters. The molecule has 0 atom stereocenters. The normalized spacial score (nSPS) is 16.4. The van der Waals surface area contributed by atoms with E-state index in [2.05, 4.69) is 41.4 Å². The van der Waals surface area contributed by atoms with Crippen LogP contribution in [0.25, 0.3) is 0 Å². The molecule has 0 bridgehead atoms. The zero-order valence-corrected chi connectivity index (χ0v) is 17.6. The molecule has 1 saturated heterocycles. The highest BCUT2D eigenvalue weighted by Gasteiger charge is 2.23. The van der Waals surface area contributed by atoms with Gasteiger partial charge in [-0.05, 0) is 12.1 Å². The van der Waals surface area contributed by atoms with Gasteiger partial charge in [-0.15, -0.1) is 11.3 Å². The van der Waals surface area contributed by atoms with Crippen LogP contribution in [-0.4, -0.2) is 42.1 Å². The average molecular weight is 387 g/mol. The highest BCUT2D eigenvalue weighted by molar-refractivity contribution is 7.09. The zero-order chi connectivity index (χ0) is 19.3. The highest BCUT2D eigenvalue weighted by Crippen LogP contribution is 2.24. The van der Waals surface area contributed by atoms with Crippen molar-refractivity contribution in [2.24, 2.45) is 4.99 Å². The Morgan fingerprint density at radius 2 is 1.96 bits per heavy atom. The van der Waals surface area contributed by atoms with E-state index in [9.17, 15) is 0 Å². The third-order valence-corrected chi connectivity index (χ3v) is 5.57. The molecule has 5 nitrogen and oxygen atoms in total. The number of aromatic nitrogens is 1. The molecule has 6 heteroatoms. The summed E-state index contributed by atoms with van der Waals surface area (Å²) in [5.41, 5.74) is 1.25. The molecule has 1 aliphatic rings. The van der Waals surface area contributed by atoms with Crippen molar-refractivity contribution >= 4 is 17.3 Å². The first-order valence-corrected chi connectivity index (χ1v) is 10.5. The van der Waals surface area contributed by atoms with E-state index in [1.54, 1.807) is 11.3 Å². The second-order valence-electron chi connectivity index (χ2n) is 7.89. The SMILES string of the molecule is CN=C(NCc1nc(C(C)(C)C)cs1)N1CCC(Oc2ccccc2)CC1. The predicted octanol–water partition coefficient (Wildman–Crippen LogP) is 4.06. The van der Waals surface area contributed by atoms with Gasteiger partial charge in [-0.3, -0.25) is 4.99 Å². The number of aliphatic imine (C=N–C) groups is 1. The van der Waals surface area contributed by atoms with Crippen LogP contribution < -0.4 is 10.1 Å². The minimum Gasteiger partial charge on any atom is -0.490 e. The number of piperidine rings is 1. The molecule has 1 aromatic carbocycles. The standard InChI is InChI=1S/C21H30N4OS/c1-21(2,3)18-15-27-19(24-18)14-23-20(22-4)25-12-10-17(11-13-25)26-16-8-6-5-7-9-16/h5-9,15,17H,10-14H2,1-4H3,(H,22,23). The summed E-state index contributed by atoms with van der Waals surface area (Å²) >= 11 is 1.71. The van der Waals surface area contributed by atoms with E-state index < -0.39 is 0 Å². The minimum absolute atomic E-state index is 0.0943. The van der Waals surface area contributed by atoms with Gasteiger partial charge >= 0.3 is 0 Å². The number of guanidine groups is 1. The Morgan fingerprint density at radius 1 is 1.26 bits per heavy atom. The third kappa shape index (κ3) is 5.45. The number of rotatable bonds is 4. The molecule has 0 spiro atoms. The number of likely N-dealkylation sites (tertiary alicyclic amines) is 1. The van der Waals surface area contributed by atoms with Gasteiger partial charge in [0, 0.05) is 43.8 Å². The molecule has 146 valence electrons. The van der Waals surface area contributed by atoms with Crippen LogP contribution >= 0.6 is 11.3 Å². The van der Waals surface area contributed by atoms with Crippen LogP contribution in [-0.2, 0) is 12.0 Å². The molecule has 1 fully saturated rings. The van der Waals surface area contributed by atoms with Crippen LogP contribution in [0.2, 0.25) is 0 Å². The highest BCUT2D eigenvalue weighted by atomic mass is 32.1. The first-order valence-electron chi connectivity index (χ1n) is 9.58. The second-order valence-corrected chi connectivity index (χ2v) is 8.84. The average Bonchev–Trinajstić information content (AvgIpc) is 3.14. The quantitative estimate of drug-likeness (QED) is 0.636. The number of hydrogen-bond donors (Lipinski definition) is 1. The van der Waals surface area contributed by atoms with Crippen molar-refractivity contribution in [3.8, 4) is 5.75 Å². The molecule has 1 aromatic heterocycles. The lowest BCUT2D eigenvalue weighted by Gasteiger charge is -2.34. The summed E-state index contributed by atoms with van der Waals surface area (Å²) in [5, 5.41) is 6.73. The molecular weight excluding hydrogens is 356 g/mol. The summed E-state index contributed by atoms with van der Waals surface area (Å²) in [5.74, 6) is 1.90. The monoisotopic (exact) mass is 386 g/mol. The lowest BCUT2D eigenvalue weighted by atomic mass is 9.93. The maximum absolute atomic E-state index is 6.09. The lowest BCUT2D eigenvalue weighted by molar-refractivity contribution is 0.129. The number of ether oxygens (including phenoxy) is 1. The number of benzene rings is 1. The molecule has 1 N–H and O–H groups in total. The summed E-state index contributed by atoms with van der Waals surface area (Å²) in [6, 6.07) is 10.1. The van der Waals surface area contributed by atoms with E-state index in [0.717, 1.165) is 48.3 Å². The van der Waals surface area contributed by atoms with Crippen molar-refractivity contribution < 1.29 is 4.74 Å². The van der Waals surface area contributed by atoms with E-state index in [1.807, 2.05) is 37.4 Å². The van der Waals surface area contributed by atoms with Crippen molar-refractivity contribution in [1.82, 2.24) is 15.2 Å². The zero-order valence-electron chi connectivity index (χ0n) is 16.7. The van der Waals surface area contributed by atoms with E-state index in [4.69, 9.17) is 9.72 Å². The molecule has 3 rings (SSSR count). The lowest BCUT2D eigenvalue weighted by Crippen LogP contribution is -2.47.